The third-order valence-electron chi connectivity index (χ3n) is 3.79. The molecule has 0 aliphatic heterocycles. The summed E-state index contributed by atoms with van der Waals surface area (Å²) in [5.41, 5.74) is 0. The van der Waals surface area contributed by atoms with E-state index < -0.39 is 11.9 Å². The molecule has 0 saturated carbocycles. The molecule has 144 valence electrons. The lowest BCUT2D eigenvalue weighted by Crippen LogP contribution is -2.27. The van der Waals surface area contributed by atoms with Gasteiger partial charge in [-0.05, 0) is 38.9 Å². The molecule has 0 bridgehead atoms. The molecule has 0 aliphatic carbocycles. The molecule has 0 amide bonds. The lowest BCUT2D eigenvalue weighted by molar-refractivity contribution is -0.143. The Balaban J connectivity index is 0. The van der Waals surface area contributed by atoms with E-state index in [0.717, 1.165) is 0 Å². The summed E-state index contributed by atoms with van der Waals surface area (Å²) in [5, 5.41) is 15.8. The van der Waals surface area contributed by atoms with Gasteiger partial charge in [-0.2, -0.15) is 0 Å². The molecule has 0 heterocycles. The number of hydrogen-bond acceptors (Lipinski definition) is 3. The van der Waals surface area contributed by atoms with Gasteiger partial charge in [0.05, 0.1) is 12.8 Å². The van der Waals surface area contributed by atoms with Crippen LogP contribution < -0.4 is 0 Å². The Kier molecular flexibility index (Phi) is 20.9. The maximum absolute atomic E-state index is 9.64. The molecule has 0 saturated heterocycles. The van der Waals surface area contributed by atoms with Crippen molar-refractivity contribution in [3.63, 3.8) is 0 Å². The average Bonchev–Trinajstić information content (AvgIpc) is 2.54. The Morgan fingerprint density at radius 1 is 0.625 bits per heavy atom. The Morgan fingerprint density at radius 2 is 0.917 bits per heavy atom. The molecule has 0 aromatic rings. The van der Waals surface area contributed by atoms with Crippen LogP contribution in [0.5, 0.6) is 0 Å². The minimum Gasteiger partial charge on any atom is -0.481 e. The summed E-state index contributed by atoms with van der Waals surface area (Å²) < 4.78 is 0. The number of carboxylic acids is 2. The van der Waals surface area contributed by atoms with Gasteiger partial charge < -0.3 is 15.1 Å². The van der Waals surface area contributed by atoms with Crippen molar-refractivity contribution in [1.29, 1.82) is 0 Å². The fraction of sp³-hybridized carbons (Fsp3) is 0.895. The minimum atomic E-state index is -1.08. The van der Waals surface area contributed by atoms with Crippen molar-refractivity contribution < 1.29 is 19.8 Å². The largest absolute Gasteiger partial charge is 0.481 e. The highest BCUT2D eigenvalue weighted by atomic mass is 16.4. The number of carbonyl (C=O) groups is 2. The highest BCUT2D eigenvalue weighted by molar-refractivity contribution is 5.75. The van der Waals surface area contributed by atoms with Gasteiger partial charge in [0.25, 0.3) is 0 Å². The Bertz CT molecular complexity index is 257. The van der Waals surface area contributed by atoms with Crippen LogP contribution in [0, 0.1) is 0 Å². The van der Waals surface area contributed by atoms with Crippen LogP contribution in [-0.2, 0) is 9.59 Å². The number of aliphatic carboxylic acids is 2. The summed E-state index contributed by atoms with van der Waals surface area (Å²) in [6, 6.07) is 0. The smallest absolute Gasteiger partial charge is 0.303 e. The zero-order chi connectivity index (χ0) is 18.6. The Labute approximate surface area is 148 Å². The second kappa shape index (κ2) is 19.9. The monoisotopic (exact) mass is 345 g/mol. The van der Waals surface area contributed by atoms with Crippen molar-refractivity contribution in [1.82, 2.24) is 4.90 Å². The van der Waals surface area contributed by atoms with Crippen LogP contribution in [0.3, 0.4) is 0 Å². The van der Waals surface area contributed by atoms with Crippen molar-refractivity contribution in [2.75, 3.05) is 19.6 Å². The van der Waals surface area contributed by atoms with Crippen LogP contribution in [0.1, 0.15) is 91.4 Å². The van der Waals surface area contributed by atoms with Crippen LogP contribution in [-0.4, -0.2) is 46.7 Å². The second-order valence-corrected chi connectivity index (χ2v) is 6.25. The molecule has 0 radical (unpaired) electrons. The second-order valence-electron chi connectivity index (χ2n) is 6.25. The zero-order valence-corrected chi connectivity index (χ0v) is 16.1. The van der Waals surface area contributed by atoms with E-state index in [1.165, 1.54) is 77.4 Å². The average molecular weight is 346 g/mol. The van der Waals surface area contributed by atoms with Gasteiger partial charge in [0, 0.05) is 0 Å². The highest BCUT2D eigenvalue weighted by Crippen LogP contribution is 2.05. The summed E-state index contributed by atoms with van der Waals surface area (Å²) in [6.45, 7) is 10.9. The number of rotatable bonds is 15. The van der Waals surface area contributed by atoms with E-state index in [0.29, 0.717) is 0 Å². The fourth-order valence-electron chi connectivity index (χ4n) is 2.31. The van der Waals surface area contributed by atoms with E-state index in [2.05, 4.69) is 25.7 Å². The van der Waals surface area contributed by atoms with Crippen molar-refractivity contribution in [3.05, 3.63) is 0 Å². The topological polar surface area (TPSA) is 77.8 Å². The lowest BCUT2D eigenvalue weighted by Gasteiger charge is -2.22. The van der Waals surface area contributed by atoms with Crippen LogP contribution in [0.4, 0.5) is 0 Å². The van der Waals surface area contributed by atoms with Gasteiger partial charge in [0.1, 0.15) is 0 Å². The maximum Gasteiger partial charge on any atom is 0.303 e. The molecule has 0 unspecified atom stereocenters. The van der Waals surface area contributed by atoms with Gasteiger partial charge in [0.2, 0.25) is 0 Å². The molecule has 24 heavy (non-hydrogen) atoms. The maximum atomic E-state index is 9.64. The van der Waals surface area contributed by atoms with Gasteiger partial charge in [0.15, 0.2) is 0 Å². The predicted octanol–water partition coefficient (Wildman–Crippen LogP) is 4.79. The molecule has 5 heteroatoms. The van der Waals surface area contributed by atoms with Gasteiger partial charge in [-0.3, -0.25) is 9.59 Å². The van der Waals surface area contributed by atoms with Crippen LogP contribution in [0.2, 0.25) is 0 Å². The molecule has 0 fully saturated rings. The van der Waals surface area contributed by atoms with Gasteiger partial charge in [-0.1, -0.05) is 59.3 Å². The number of unbranched alkanes of at least 4 members (excludes halogenated alkanes) is 6. The van der Waals surface area contributed by atoms with E-state index in [1.807, 2.05) is 0 Å². The van der Waals surface area contributed by atoms with E-state index in [-0.39, 0.29) is 12.8 Å². The van der Waals surface area contributed by atoms with E-state index in [1.54, 1.807) is 0 Å². The Morgan fingerprint density at radius 3 is 1.12 bits per heavy atom. The summed E-state index contributed by atoms with van der Waals surface area (Å²) in [5.74, 6) is -2.15. The van der Waals surface area contributed by atoms with E-state index in [9.17, 15) is 9.59 Å². The number of hydrogen-bond donors (Lipinski definition) is 2. The summed E-state index contributed by atoms with van der Waals surface area (Å²) in [7, 11) is 0. The molecule has 0 aliphatic rings. The minimum absolute atomic E-state index is 0.296. The summed E-state index contributed by atoms with van der Waals surface area (Å²) in [4.78, 5) is 22.0. The number of carboxylic acid groups (broad SMARTS) is 2. The van der Waals surface area contributed by atoms with E-state index >= 15 is 0 Å². The molecular formula is C19H39NO4. The van der Waals surface area contributed by atoms with Crippen LogP contribution in [0.15, 0.2) is 0 Å². The van der Waals surface area contributed by atoms with Crippen molar-refractivity contribution >= 4 is 11.9 Å². The normalized spacial score (nSPS) is 10.3. The van der Waals surface area contributed by atoms with Gasteiger partial charge >= 0.3 is 11.9 Å². The molecule has 0 aromatic heterocycles. The van der Waals surface area contributed by atoms with Gasteiger partial charge in [-0.25, -0.2) is 0 Å². The molecule has 0 atom stereocenters. The molecule has 0 spiro atoms. The fourth-order valence-corrected chi connectivity index (χ4v) is 2.31. The molecule has 2 N–H and O–H groups in total. The van der Waals surface area contributed by atoms with Crippen molar-refractivity contribution in [2.45, 2.75) is 91.4 Å². The summed E-state index contributed by atoms with van der Waals surface area (Å²) in [6.07, 6.45) is 11.8. The Hall–Kier alpha value is -1.10. The lowest BCUT2D eigenvalue weighted by atomic mass is 10.2. The third kappa shape index (κ3) is 23.2. The van der Waals surface area contributed by atoms with E-state index in [4.69, 9.17) is 10.2 Å². The first-order valence-electron chi connectivity index (χ1n) is 9.63. The summed E-state index contributed by atoms with van der Waals surface area (Å²) >= 11 is 0. The van der Waals surface area contributed by atoms with Crippen LogP contribution in [0.25, 0.3) is 0 Å². The predicted molar refractivity (Wildman–Crippen MR) is 99.5 cm³/mol. The van der Waals surface area contributed by atoms with Gasteiger partial charge in [-0.15, -0.1) is 0 Å². The first kappa shape index (κ1) is 25.1. The highest BCUT2D eigenvalue weighted by Gasteiger charge is 2.03. The third-order valence-corrected chi connectivity index (χ3v) is 3.79. The van der Waals surface area contributed by atoms with Crippen LogP contribution >= 0.6 is 0 Å². The zero-order valence-electron chi connectivity index (χ0n) is 16.1. The molecule has 0 aromatic carbocycles. The SMILES string of the molecule is CCCCCN(CCCCC)CCCCC.O=C(O)CCC(=O)O. The number of nitrogens with zero attached hydrogens (tertiary/aromatic N) is 1. The first-order chi connectivity index (χ1) is 11.5. The quantitative estimate of drug-likeness (QED) is 0.417. The van der Waals surface area contributed by atoms with Crippen molar-refractivity contribution in [2.24, 2.45) is 0 Å². The standard InChI is InChI=1S/C15H33N.C4H6O4/c1-4-7-10-13-16(14-11-8-5-2)15-12-9-6-3;5-3(6)1-2-4(7)8/h4-15H2,1-3H3;1-2H2,(H,5,6)(H,7,8). The molecule has 0 rings (SSSR count). The molecule has 5 nitrogen and oxygen atoms in total. The molecular weight excluding hydrogens is 306 g/mol. The first-order valence-corrected chi connectivity index (χ1v) is 9.63. The van der Waals surface area contributed by atoms with Crippen molar-refractivity contribution in [3.8, 4) is 0 Å².